The highest BCUT2D eigenvalue weighted by Gasteiger charge is 2.14. The molecule has 0 bridgehead atoms. The van der Waals surface area contributed by atoms with Crippen molar-refractivity contribution in [3.05, 3.63) is 33.0 Å². The van der Waals surface area contributed by atoms with Crippen LogP contribution in [0.1, 0.15) is 34.1 Å². The van der Waals surface area contributed by atoms with E-state index in [4.69, 9.17) is 0 Å². The van der Waals surface area contributed by atoms with Crippen LogP contribution in [0.5, 0.6) is 0 Å². The van der Waals surface area contributed by atoms with E-state index in [2.05, 4.69) is 41.6 Å². The Hall–Kier alpha value is -1.20. The molecule has 0 aliphatic carbocycles. The zero-order valence-electron chi connectivity index (χ0n) is 13.0. The van der Waals surface area contributed by atoms with Gasteiger partial charge in [0.1, 0.15) is 0 Å². The van der Waals surface area contributed by atoms with Crippen LogP contribution >= 0.6 is 11.3 Å². The lowest BCUT2D eigenvalue weighted by atomic mass is 10.0. The van der Waals surface area contributed by atoms with Crippen LogP contribution in [0.4, 0.5) is 0 Å². The molecule has 0 amide bonds. The summed E-state index contributed by atoms with van der Waals surface area (Å²) in [6.07, 6.45) is 3.18. The normalized spacial score (nSPS) is 12.8. The van der Waals surface area contributed by atoms with Gasteiger partial charge in [0.05, 0.1) is 16.4 Å². The van der Waals surface area contributed by atoms with E-state index in [0.717, 1.165) is 30.0 Å². The average Bonchev–Trinajstić information content (AvgIpc) is 2.91. The van der Waals surface area contributed by atoms with E-state index in [0.29, 0.717) is 6.04 Å². The van der Waals surface area contributed by atoms with Gasteiger partial charge in [-0.05, 0) is 46.2 Å². The summed E-state index contributed by atoms with van der Waals surface area (Å²) >= 11 is 1.73. The van der Waals surface area contributed by atoms with Crippen molar-refractivity contribution in [3.63, 3.8) is 0 Å². The minimum atomic E-state index is 0.468. The minimum Gasteiger partial charge on any atom is -0.317 e. The number of aryl methyl sites for hydroxylation is 3. The molecule has 0 aromatic carbocycles. The first-order chi connectivity index (χ1) is 9.51. The van der Waals surface area contributed by atoms with Crippen LogP contribution in [0.15, 0.2) is 5.38 Å². The third-order valence-corrected chi connectivity index (χ3v) is 4.75. The van der Waals surface area contributed by atoms with Crippen molar-refractivity contribution in [2.24, 2.45) is 7.05 Å². The highest BCUT2D eigenvalue weighted by atomic mass is 32.1. The number of nitrogens with one attached hydrogen (secondary N) is 1. The summed E-state index contributed by atoms with van der Waals surface area (Å²) in [5, 5.41) is 11.2. The molecule has 0 spiro atoms. The Balaban J connectivity index is 1.97. The second-order valence-corrected chi connectivity index (χ2v) is 6.42. The zero-order chi connectivity index (χ0) is 14.7. The Kier molecular flexibility index (Phi) is 4.94. The Bertz CT molecular complexity index is 570. The molecule has 0 fully saturated rings. The number of aromatic nitrogens is 3. The third kappa shape index (κ3) is 3.46. The summed E-state index contributed by atoms with van der Waals surface area (Å²) in [6, 6.07) is 0.468. The van der Waals surface area contributed by atoms with Gasteiger partial charge in [0, 0.05) is 30.6 Å². The van der Waals surface area contributed by atoms with Gasteiger partial charge >= 0.3 is 0 Å². The van der Waals surface area contributed by atoms with Crippen LogP contribution in [-0.2, 0) is 19.9 Å². The first-order valence-corrected chi connectivity index (χ1v) is 7.96. The molecule has 1 N–H and O–H groups in total. The fraction of sp³-hybridized carbons (Fsp3) is 0.600. The summed E-state index contributed by atoms with van der Waals surface area (Å²) in [6.45, 7) is 6.30. The molecule has 2 heterocycles. The monoisotopic (exact) mass is 292 g/mol. The predicted octanol–water partition coefficient (Wildman–Crippen LogP) is 2.57. The van der Waals surface area contributed by atoms with Crippen LogP contribution in [0.25, 0.3) is 0 Å². The molecular weight excluding hydrogens is 268 g/mol. The van der Waals surface area contributed by atoms with Crippen LogP contribution in [-0.4, -0.2) is 27.9 Å². The van der Waals surface area contributed by atoms with Crippen molar-refractivity contribution in [2.45, 2.75) is 46.1 Å². The summed E-state index contributed by atoms with van der Waals surface area (Å²) in [5.41, 5.74) is 5.03. The molecule has 2 rings (SSSR count). The van der Waals surface area contributed by atoms with Crippen molar-refractivity contribution in [2.75, 3.05) is 7.05 Å². The van der Waals surface area contributed by atoms with Crippen molar-refractivity contribution < 1.29 is 0 Å². The summed E-state index contributed by atoms with van der Waals surface area (Å²) < 4.78 is 1.98. The molecule has 5 heteroatoms. The van der Waals surface area contributed by atoms with Crippen molar-refractivity contribution in [1.82, 2.24) is 20.1 Å². The standard InChI is InChI=1S/C15H24N4S/c1-10-15(11(2)19(5)18-10)7-6-13(16-4)8-14-9-20-12(3)17-14/h9,13,16H,6-8H2,1-5H3. The van der Waals surface area contributed by atoms with Gasteiger partial charge in [0.15, 0.2) is 0 Å². The smallest absolute Gasteiger partial charge is 0.0897 e. The van der Waals surface area contributed by atoms with E-state index in [1.165, 1.54) is 17.0 Å². The summed E-state index contributed by atoms with van der Waals surface area (Å²) in [7, 11) is 4.05. The van der Waals surface area contributed by atoms with E-state index in [-0.39, 0.29) is 0 Å². The highest BCUT2D eigenvalue weighted by molar-refractivity contribution is 7.09. The molecule has 1 atom stereocenters. The van der Waals surface area contributed by atoms with Crippen LogP contribution in [0.3, 0.4) is 0 Å². The molecule has 2 aromatic heterocycles. The van der Waals surface area contributed by atoms with Crippen molar-refractivity contribution in [3.8, 4) is 0 Å². The highest BCUT2D eigenvalue weighted by Crippen LogP contribution is 2.17. The van der Waals surface area contributed by atoms with Crippen molar-refractivity contribution in [1.29, 1.82) is 0 Å². The van der Waals surface area contributed by atoms with Crippen LogP contribution in [0.2, 0.25) is 0 Å². The van der Waals surface area contributed by atoms with Gasteiger partial charge in [0.2, 0.25) is 0 Å². The Morgan fingerprint density at radius 3 is 2.60 bits per heavy atom. The number of nitrogens with zero attached hydrogens (tertiary/aromatic N) is 3. The zero-order valence-corrected chi connectivity index (χ0v) is 13.8. The first kappa shape index (κ1) is 15.2. The van der Waals surface area contributed by atoms with Crippen LogP contribution in [0, 0.1) is 20.8 Å². The predicted molar refractivity (Wildman–Crippen MR) is 84.4 cm³/mol. The number of hydrogen-bond acceptors (Lipinski definition) is 4. The lowest BCUT2D eigenvalue weighted by molar-refractivity contribution is 0.515. The topological polar surface area (TPSA) is 42.7 Å². The molecule has 4 nitrogen and oxygen atoms in total. The molecule has 2 aromatic rings. The maximum Gasteiger partial charge on any atom is 0.0897 e. The van der Waals surface area contributed by atoms with Gasteiger partial charge in [-0.2, -0.15) is 5.10 Å². The average molecular weight is 292 g/mol. The summed E-state index contributed by atoms with van der Waals surface area (Å²) in [5.74, 6) is 0. The quantitative estimate of drug-likeness (QED) is 0.890. The molecule has 20 heavy (non-hydrogen) atoms. The molecular formula is C15H24N4S. The number of likely N-dealkylation sites (N-methyl/N-ethyl adjacent to an activating group) is 1. The first-order valence-electron chi connectivity index (χ1n) is 7.08. The second-order valence-electron chi connectivity index (χ2n) is 5.36. The van der Waals surface area contributed by atoms with Crippen molar-refractivity contribution >= 4 is 11.3 Å². The molecule has 0 aliphatic rings. The number of rotatable bonds is 6. The molecule has 0 radical (unpaired) electrons. The fourth-order valence-electron chi connectivity index (χ4n) is 2.60. The van der Waals surface area contributed by atoms with E-state index in [1.54, 1.807) is 11.3 Å². The van der Waals surface area contributed by atoms with Gasteiger partial charge in [-0.25, -0.2) is 4.98 Å². The van der Waals surface area contributed by atoms with Gasteiger partial charge in [-0.1, -0.05) is 0 Å². The maximum atomic E-state index is 4.55. The Labute approximate surface area is 125 Å². The molecule has 110 valence electrons. The van der Waals surface area contributed by atoms with Gasteiger partial charge < -0.3 is 5.32 Å². The number of hydrogen-bond donors (Lipinski definition) is 1. The molecule has 0 aliphatic heterocycles. The SMILES string of the molecule is CNC(CCc1c(C)nn(C)c1C)Cc1csc(C)n1. The molecule has 0 saturated heterocycles. The second kappa shape index (κ2) is 6.50. The van der Waals surface area contributed by atoms with E-state index in [9.17, 15) is 0 Å². The lowest BCUT2D eigenvalue weighted by Gasteiger charge is -2.15. The Morgan fingerprint density at radius 1 is 1.35 bits per heavy atom. The number of thiazole rings is 1. The van der Waals surface area contributed by atoms with E-state index < -0.39 is 0 Å². The molecule has 0 saturated carbocycles. The largest absolute Gasteiger partial charge is 0.317 e. The molecule has 1 unspecified atom stereocenters. The lowest BCUT2D eigenvalue weighted by Crippen LogP contribution is -2.28. The van der Waals surface area contributed by atoms with Gasteiger partial charge in [-0.3, -0.25) is 4.68 Å². The fourth-order valence-corrected chi connectivity index (χ4v) is 3.23. The maximum absolute atomic E-state index is 4.55. The van der Waals surface area contributed by atoms with Gasteiger partial charge in [0.25, 0.3) is 0 Å². The van der Waals surface area contributed by atoms with E-state index >= 15 is 0 Å². The minimum absolute atomic E-state index is 0.468. The van der Waals surface area contributed by atoms with E-state index in [1.807, 2.05) is 18.8 Å². The van der Waals surface area contributed by atoms with Crippen LogP contribution < -0.4 is 5.32 Å². The summed E-state index contributed by atoms with van der Waals surface area (Å²) in [4.78, 5) is 4.55. The third-order valence-electron chi connectivity index (χ3n) is 3.93. The van der Waals surface area contributed by atoms with Gasteiger partial charge in [-0.15, -0.1) is 11.3 Å². The Morgan fingerprint density at radius 2 is 2.10 bits per heavy atom.